The predicted molar refractivity (Wildman–Crippen MR) is 184 cm³/mol. The Morgan fingerprint density at radius 3 is 2.24 bits per heavy atom. The lowest BCUT2D eigenvalue weighted by Gasteiger charge is -2.50. The number of phenols is 1. The first kappa shape index (κ1) is 33.7. The standard InChI is InChI=1S/C37H35Cl2N3O8/c1-5-41-33(44)23-12-11-22-24(30(23)35(41)46)17-25-34(45)42(40-27-13-8-19(38)14-26(27)39)36(47)37(25,18-6-9-20(48-2)10-7-18)32(22)31-28(43)15-21(49-3)16-29(31)50-4/h6-11,13-16,23-25,30,32,40,43H,5,12,17H2,1-4H3. The van der Waals surface area contributed by atoms with E-state index in [1.165, 1.54) is 38.4 Å². The highest BCUT2D eigenvalue weighted by atomic mass is 35.5. The number of phenolic OH excluding ortho intramolecular Hbond substituents is 1. The van der Waals surface area contributed by atoms with Gasteiger partial charge in [-0.05, 0) is 61.6 Å². The zero-order valence-corrected chi connectivity index (χ0v) is 29.2. The van der Waals surface area contributed by atoms with Gasteiger partial charge in [0.25, 0.3) is 11.8 Å². The molecule has 2 heterocycles. The van der Waals surface area contributed by atoms with E-state index in [-0.39, 0.29) is 59.0 Å². The first-order chi connectivity index (χ1) is 24.0. The first-order valence-electron chi connectivity index (χ1n) is 16.3. The predicted octanol–water partition coefficient (Wildman–Crippen LogP) is 5.73. The van der Waals surface area contributed by atoms with E-state index < -0.39 is 46.8 Å². The number of methoxy groups -OCH3 is 3. The lowest BCUT2D eigenvalue weighted by atomic mass is 9.49. The summed E-state index contributed by atoms with van der Waals surface area (Å²) in [5.74, 6) is -4.91. The number of nitrogens with zero attached hydrogens (tertiary/aromatic N) is 2. The molecule has 3 aromatic rings. The van der Waals surface area contributed by atoms with Crippen LogP contribution in [0.2, 0.25) is 10.0 Å². The van der Waals surface area contributed by atoms with Crippen molar-refractivity contribution in [2.75, 3.05) is 33.3 Å². The molecule has 4 aliphatic rings. The number of likely N-dealkylation sites (tertiary alicyclic amines) is 1. The summed E-state index contributed by atoms with van der Waals surface area (Å²) in [7, 11) is 4.42. The Labute approximate surface area is 298 Å². The van der Waals surface area contributed by atoms with Gasteiger partial charge in [0.05, 0.1) is 55.2 Å². The molecule has 2 aliphatic heterocycles. The van der Waals surface area contributed by atoms with E-state index in [9.17, 15) is 19.5 Å². The second-order valence-electron chi connectivity index (χ2n) is 12.9. The highest BCUT2D eigenvalue weighted by molar-refractivity contribution is 6.36. The average molecular weight is 721 g/mol. The molecule has 0 bridgehead atoms. The second-order valence-corrected chi connectivity index (χ2v) is 13.7. The molecule has 50 heavy (non-hydrogen) atoms. The number of aromatic hydroxyl groups is 1. The van der Waals surface area contributed by atoms with Crippen LogP contribution in [0.1, 0.15) is 36.8 Å². The summed E-state index contributed by atoms with van der Waals surface area (Å²) in [4.78, 5) is 58.9. The molecule has 7 rings (SSSR count). The van der Waals surface area contributed by atoms with Gasteiger partial charge in [0.15, 0.2) is 0 Å². The topological polar surface area (TPSA) is 135 Å². The van der Waals surface area contributed by atoms with Gasteiger partial charge in [-0.15, -0.1) is 0 Å². The number of hydrogen-bond acceptors (Lipinski definition) is 9. The first-order valence-corrected chi connectivity index (χ1v) is 17.0. The molecule has 2 saturated heterocycles. The van der Waals surface area contributed by atoms with E-state index in [1.54, 1.807) is 49.4 Å². The lowest BCUT2D eigenvalue weighted by Crippen LogP contribution is -2.53. The largest absolute Gasteiger partial charge is 0.507 e. The number of amides is 4. The van der Waals surface area contributed by atoms with Crippen LogP contribution in [0.4, 0.5) is 5.69 Å². The highest BCUT2D eigenvalue weighted by Crippen LogP contribution is 2.66. The van der Waals surface area contributed by atoms with Crippen molar-refractivity contribution in [1.82, 2.24) is 9.91 Å². The zero-order chi connectivity index (χ0) is 35.6. The summed E-state index contributed by atoms with van der Waals surface area (Å²) in [5, 5.41) is 13.4. The molecule has 4 amide bonds. The van der Waals surface area contributed by atoms with Crippen LogP contribution < -0.4 is 19.6 Å². The second kappa shape index (κ2) is 12.5. The monoisotopic (exact) mass is 719 g/mol. The third-order valence-electron chi connectivity index (χ3n) is 10.8. The molecule has 260 valence electrons. The molecule has 0 radical (unpaired) electrons. The van der Waals surface area contributed by atoms with Crippen LogP contribution in [0.3, 0.4) is 0 Å². The maximum Gasteiger partial charge on any atom is 0.260 e. The Morgan fingerprint density at radius 2 is 1.60 bits per heavy atom. The van der Waals surface area contributed by atoms with Gasteiger partial charge in [0.2, 0.25) is 11.8 Å². The molecule has 11 nitrogen and oxygen atoms in total. The minimum absolute atomic E-state index is 0.0858. The summed E-state index contributed by atoms with van der Waals surface area (Å²) in [6, 6.07) is 14.6. The van der Waals surface area contributed by atoms with E-state index in [2.05, 4.69) is 5.43 Å². The van der Waals surface area contributed by atoms with Crippen molar-refractivity contribution in [2.24, 2.45) is 23.7 Å². The minimum atomic E-state index is -1.67. The number of ether oxygens (including phenoxy) is 3. The molecular weight excluding hydrogens is 685 g/mol. The van der Waals surface area contributed by atoms with Crippen LogP contribution in [0.25, 0.3) is 0 Å². The fourth-order valence-corrected chi connectivity index (χ4v) is 9.15. The van der Waals surface area contributed by atoms with Crippen LogP contribution in [-0.4, -0.2) is 66.5 Å². The van der Waals surface area contributed by atoms with E-state index in [1.807, 2.05) is 6.08 Å². The van der Waals surface area contributed by atoms with Gasteiger partial charge in [-0.25, -0.2) is 0 Å². The summed E-state index contributed by atoms with van der Waals surface area (Å²) in [5.41, 5.74) is 2.97. The number of carbonyl (C=O) groups is 4. The van der Waals surface area contributed by atoms with Crippen molar-refractivity contribution in [3.63, 3.8) is 0 Å². The average Bonchev–Trinajstić information content (AvgIpc) is 3.49. The zero-order valence-electron chi connectivity index (χ0n) is 27.7. The lowest BCUT2D eigenvalue weighted by molar-refractivity contribution is -0.141. The van der Waals surface area contributed by atoms with Crippen LogP contribution in [0.15, 0.2) is 66.2 Å². The van der Waals surface area contributed by atoms with Crippen LogP contribution in [0.5, 0.6) is 23.0 Å². The van der Waals surface area contributed by atoms with Gasteiger partial charge in [0.1, 0.15) is 23.0 Å². The smallest absolute Gasteiger partial charge is 0.260 e. The minimum Gasteiger partial charge on any atom is -0.507 e. The number of hydrazine groups is 1. The molecule has 2 N–H and O–H groups in total. The molecule has 0 spiro atoms. The molecule has 6 atom stereocenters. The SMILES string of the molecule is CCN1C(=O)C2CC=C3C(CC4C(=O)N(Nc5ccc(Cl)cc5Cl)C(=O)C4(c4ccc(OC)cc4)C3c3c(O)cc(OC)cc3OC)C2C1=O. The van der Waals surface area contributed by atoms with E-state index in [0.717, 1.165) is 5.01 Å². The number of allylic oxidation sites excluding steroid dienone is 2. The van der Waals surface area contributed by atoms with Gasteiger partial charge >= 0.3 is 0 Å². The normalized spacial score (nSPS) is 27.1. The Hall–Kier alpha value is -4.74. The van der Waals surface area contributed by atoms with Crippen molar-refractivity contribution in [3.8, 4) is 23.0 Å². The van der Waals surface area contributed by atoms with Gasteiger partial charge in [-0.2, -0.15) is 5.01 Å². The molecule has 1 saturated carbocycles. The number of hydrogen-bond donors (Lipinski definition) is 2. The number of anilines is 1. The number of carbonyl (C=O) groups excluding carboxylic acids is 4. The van der Waals surface area contributed by atoms with Crippen LogP contribution >= 0.6 is 23.2 Å². The molecule has 2 aliphatic carbocycles. The third kappa shape index (κ3) is 4.77. The summed E-state index contributed by atoms with van der Waals surface area (Å²) in [6.45, 7) is 1.98. The number of benzene rings is 3. The molecule has 3 aromatic carbocycles. The number of rotatable bonds is 8. The quantitative estimate of drug-likeness (QED) is 0.221. The van der Waals surface area contributed by atoms with E-state index in [4.69, 9.17) is 37.4 Å². The Kier molecular flexibility index (Phi) is 8.47. The fraction of sp³-hybridized carbons (Fsp3) is 0.351. The maximum absolute atomic E-state index is 15.4. The Morgan fingerprint density at radius 1 is 0.880 bits per heavy atom. The number of halogens is 2. The molecule has 6 unspecified atom stereocenters. The van der Waals surface area contributed by atoms with Crippen molar-refractivity contribution >= 4 is 52.5 Å². The Balaban J connectivity index is 1.52. The van der Waals surface area contributed by atoms with E-state index >= 15 is 4.79 Å². The summed E-state index contributed by atoms with van der Waals surface area (Å²) >= 11 is 12.7. The van der Waals surface area contributed by atoms with Crippen molar-refractivity contribution < 1.29 is 38.5 Å². The molecule has 13 heteroatoms. The van der Waals surface area contributed by atoms with E-state index in [0.29, 0.717) is 27.7 Å². The summed E-state index contributed by atoms with van der Waals surface area (Å²) < 4.78 is 16.8. The molecule has 0 aromatic heterocycles. The maximum atomic E-state index is 15.4. The Bertz CT molecular complexity index is 1970. The van der Waals surface area contributed by atoms with Crippen molar-refractivity contribution in [3.05, 3.63) is 87.4 Å². The van der Waals surface area contributed by atoms with Gasteiger partial charge < -0.3 is 19.3 Å². The van der Waals surface area contributed by atoms with Crippen LogP contribution in [-0.2, 0) is 24.6 Å². The highest BCUT2D eigenvalue weighted by Gasteiger charge is 2.71. The van der Waals surface area contributed by atoms with Crippen molar-refractivity contribution in [2.45, 2.75) is 31.1 Å². The van der Waals surface area contributed by atoms with Gasteiger partial charge in [-0.1, -0.05) is 47.0 Å². The van der Waals surface area contributed by atoms with Crippen LogP contribution in [0, 0.1) is 23.7 Å². The summed E-state index contributed by atoms with van der Waals surface area (Å²) in [6.07, 6.45) is 2.25. The third-order valence-corrected chi connectivity index (χ3v) is 11.4. The fourth-order valence-electron chi connectivity index (χ4n) is 8.70. The number of fused-ring (bicyclic) bond motifs is 4. The van der Waals surface area contributed by atoms with Gasteiger partial charge in [-0.3, -0.25) is 29.5 Å². The van der Waals surface area contributed by atoms with Crippen molar-refractivity contribution in [1.29, 1.82) is 0 Å². The number of imide groups is 2. The van der Waals surface area contributed by atoms with Gasteiger partial charge in [0, 0.05) is 35.2 Å². The molecule has 3 fully saturated rings. The number of nitrogens with one attached hydrogen (secondary N) is 1. The molecular formula is C37H35Cl2N3O8.